The second-order valence-electron chi connectivity index (χ2n) is 19.9. The Bertz CT molecular complexity index is 4830. The molecule has 0 spiro atoms. The average Bonchev–Trinajstić information content (AvgIpc) is 4.10. The van der Waals surface area contributed by atoms with E-state index in [-0.39, 0.29) is 6.71 Å². The quantitative estimate of drug-likeness (QED) is 0.146. The minimum Gasteiger partial charge on any atom is -0.310 e. The van der Waals surface area contributed by atoms with Gasteiger partial charge in [-0.3, -0.25) is 0 Å². The molecule has 0 aliphatic carbocycles. The van der Waals surface area contributed by atoms with Gasteiger partial charge in [-0.25, -0.2) is 0 Å². The van der Waals surface area contributed by atoms with Crippen molar-refractivity contribution in [2.75, 3.05) is 0 Å². The zero-order valence-corrected chi connectivity index (χ0v) is 37.7. The van der Waals surface area contributed by atoms with Gasteiger partial charge < -0.3 is 13.7 Å². The van der Waals surface area contributed by atoms with E-state index in [1.165, 1.54) is 158 Å². The van der Waals surface area contributed by atoms with E-state index in [1.54, 1.807) is 0 Å². The number of hydrogen-bond donors (Lipinski definition) is 0. The van der Waals surface area contributed by atoms with Crippen molar-refractivity contribution in [2.24, 2.45) is 0 Å². The molecule has 2 aliphatic heterocycles. The minimum atomic E-state index is -0.0378. The van der Waals surface area contributed by atoms with Crippen molar-refractivity contribution in [1.82, 2.24) is 13.7 Å². The van der Waals surface area contributed by atoms with Crippen molar-refractivity contribution >= 4 is 153 Å². The zero-order chi connectivity index (χ0) is 45.1. The van der Waals surface area contributed by atoms with E-state index in [1.807, 2.05) is 0 Å². The highest BCUT2D eigenvalue weighted by Crippen LogP contribution is 2.48. The first-order valence-electron chi connectivity index (χ1n) is 24.5. The SMILES string of the molecule is c1ccc2c(c1)ccc1c2c2c3ccccc3cc3c2n1-c1cc(-n2c4c5ccccc5ccc4c4ccc5ccccc5c42)cc2c1B3c1cc3ccccc3c3c4c5ccccc5ccc4n-2c13. The van der Waals surface area contributed by atoms with Crippen LogP contribution in [0.1, 0.15) is 0 Å². The summed E-state index contributed by atoms with van der Waals surface area (Å²) in [6.07, 6.45) is 0. The molecule has 3 aromatic heterocycles. The molecular formula is C66H36BN3. The second-order valence-corrected chi connectivity index (χ2v) is 19.9. The third kappa shape index (κ3) is 4.19. The largest absolute Gasteiger partial charge is 0.310 e. The number of nitrogens with zero attached hydrogens (tertiary/aromatic N) is 3. The summed E-state index contributed by atoms with van der Waals surface area (Å²) in [5, 5.41) is 23.0. The van der Waals surface area contributed by atoms with E-state index in [0.717, 1.165) is 5.69 Å². The number of fused-ring (bicyclic) bond motifs is 25. The fourth-order valence-corrected chi connectivity index (χ4v) is 14.0. The molecule has 0 saturated heterocycles. The molecule has 0 radical (unpaired) electrons. The molecule has 18 rings (SSSR count). The lowest BCUT2D eigenvalue weighted by atomic mass is 9.34. The highest BCUT2D eigenvalue weighted by Gasteiger charge is 2.42. The lowest BCUT2D eigenvalue weighted by Gasteiger charge is -2.35. The van der Waals surface area contributed by atoms with Crippen LogP contribution in [0, 0.1) is 0 Å². The molecule has 4 heteroatoms. The van der Waals surface area contributed by atoms with Crippen molar-refractivity contribution < 1.29 is 0 Å². The van der Waals surface area contributed by atoms with Gasteiger partial charge in [0.05, 0.1) is 38.8 Å². The van der Waals surface area contributed by atoms with Crippen molar-refractivity contribution in [3.8, 4) is 17.1 Å². The molecule has 16 aromatic rings. The van der Waals surface area contributed by atoms with E-state index in [9.17, 15) is 0 Å². The van der Waals surface area contributed by atoms with Gasteiger partial charge in [-0.05, 0) is 94.5 Å². The van der Waals surface area contributed by atoms with Crippen LogP contribution < -0.4 is 16.4 Å². The van der Waals surface area contributed by atoms with E-state index in [4.69, 9.17) is 0 Å². The molecule has 318 valence electrons. The smallest absolute Gasteiger partial charge is 0.252 e. The van der Waals surface area contributed by atoms with Crippen LogP contribution in [0.5, 0.6) is 0 Å². The fourth-order valence-electron chi connectivity index (χ4n) is 14.0. The second kappa shape index (κ2) is 12.5. The summed E-state index contributed by atoms with van der Waals surface area (Å²) >= 11 is 0. The van der Waals surface area contributed by atoms with Crippen molar-refractivity contribution in [3.05, 3.63) is 218 Å². The summed E-state index contributed by atoms with van der Waals surface area (Å²) in [4.78, 5) is 0. The fraction of sp³-hybridized carbons (Fsp3) is 0. The lowest BCUT2D eigenvalue weighted by molar-refractivity contribution is 1.11. The predicted octanol–water partition coefficient (Wildman–Crippen LogP) is 15.0. The van der Waals surface area contributed by atoms with Gasteiger partial charge in [-0.2, -0.15) is 0 Å². The zero-order valence-electron chi connectivity index (χ0n) is 37.7. The van der Waals surface area contributed by atoms with Crippen LogP contribution in [0.25, 0.3) is 147 Å². The molecule has 0 bridgehead atoms. The number of rotatable bonds is 1. The molecule has 70 heavy (non-hydrogen) atoms. The normalized spacial score (nSPS) is 13.1. The molecule has 0 atom stereocenters. The molecule has 5 heterocycles. The topological polar surface area (TPSA) is 14.8 Å². The number of aromatic nitrogens is 3. The van der Waals surface area contributed by atoms with Gasteiger partial charge in [0.1, 0.15) is 0 Å². The van der Waals surface area contributed by atoms with Gasteiger partial charge in [0, 0.05) is 54.5 Å². The Morgan fingerprint density at radius 2 is 0.614 bits per heavy atom. The molecule has 3 nitrogen and oxygen atoms in total. The van der Waals surface area contributed by atoms with Crippen molar-refractivity contribution in [1.29, 1.82) is 0 Å². The van der Waals surface area contributed by atoms with Crippen molar-refractivity contribution in [3.63, 3.8) is 0 Å². The summed E-state index contributed by atoms with van der Waals surface area (Å²) < 4.78 is 7.97. The summed E-state index contributed by atoms with van der Waals surface area (Å²) in [5.41, 5.74) is 15.3. The summed E-state index contributed by atoms with van der Waals surface area (Å²) in [5.74, 6) is 0. The average molecular weight is 882 g/mol. The van der Waals surface area contributed by atoms with Crippen LogP contribution >= 0.6 is 0 Å². The highest BCUT2D eigenvalue weighted by molar-refractivity contribution is 7.00. The maximum Gasteiger partial charge on any atom is 0.252 e. The maximum absolute atomic E-state index is 2.67. The molecule has 2 aliphatic rings. The van der Waals surface area contributed by atoms with Gasteiger partial charge in [0.15, 0.2) is 0 Å². The van der Waals surface area contributed by atoms with Crippen LogP contribution in [0.4, 0.5) is 0 Å². The molecule has 13 aromatic carbocycles. The first-order valence-corrected chi connectivity index (χ1v) is 24.5. The van der Waals surface area contributed by atoms with Crippen molar-refractivity contribution in [2.45, 2.75) is 0 Å². The monoisotopic (exact) mass is 881 g/mol. The third-order valence-corrected chi connectivity index (χ3v) is 16.7. The van der Waals surface area contributed by atoms with Gasteiger partial charge in [0.2, 0.25) is 0 Å². The first-order chi connectivity index (χ1) is 34.8. The van der Waals surface area contributed by atoms with Gasteiger partial charge in [0.25, 0.3) is 6.71 Å². The third-order valence-electron chi connectivity index (χ3n) is 16.7. The molecule has 0 unspecified atom stereocenters. The molecular weight excluding hydrogens is 846 g/mol. The predicted molar refractivity (Wildman–Crippen MR) is 299 cm³/mol. The number of benzene rings is 13. The van der Waals surface area contributed by atoms with Gasteiger partial charge >= 0.3 is 0 Å². The molecule has 0 saturated carbocycles. The van der Waals surface area contributed by atoms with Crippen LogP contribution in [0.3, 0.4) is 0 Å². The van der Waals surface area contributed by atoms with E-state index >= 15 is 0 Å². The van der Waals surface area contributed by atoms with Gasteiger partial charge in [-0.15, -0.1) is 0 Å². The van der Waals surface area contributed by atoms with Crippen LogP contribution in [-0.4, -0.2) is 20.4 Å². The van der Waals surface area contributed by atoms with Gasteiger partial charge in [-0.1, -0.05) is 194 Å². The lowest BCUT2D eigenvalue weighted by Crippen LogP contribution is -2.59. The summed E-state index contributed by atoms with van der Waals surface area (Å²) in [6.45, 7) is -0.0378. The molecule has 0 N–H and O–H groups in total. The van der Waals surface area contributed by atoms with Crippen LogP contribution in [0.15, 0.2) is 218 Å². The standard InChI is InChI=1S/C66H36BN3/c1-7-19-44-37(13-1)27-31-54-58(44)60-46-21-9-5-17-41(46)33-52-65(60)69(54)56-35-43(68-63-48-23-11-3-15-39(48)25-29-50(63)51-30-26-40-16-4-12-24-49(40)64(51)68)36-57-62(56)67(52)53-34-42-18-6-10-22-47(42)61-59-45-20-8-2-14-38(45)28-32-55(59)70(57)66(53)61/h1-36H. The van der Waals surface area contributed by atoms with Crippen LogP contribution in [-0.2, 0) is 0 Å². The van der Waals surface area contributed by atoms with Crippen LogP contribution in [0.2, 0.25) is 0 Å². The molecule has 0 fully saturated rings. The Balaban J connectivity index is 1.13. The maximum atomic E-state index is 2.67. The van der Waals surface area contributed by atoms with E-state index in [0.29, 0.717) is 0 Å². The summed E-state index contributed by atoms with van der Waals surface area (Å²) in [6, 6.07) is 83.1. The number of hydrogen-bond acceptors (Lipinski definition) is 0. The Morgan fingerprint density at radius 3 is 1.06 bits per heavy atom. The Labute approximate surface area is 400 Å². The molecule has 0 amide bonds. The minimum absolute atomic E-state index is 0.0378. The first kappa shape index (κ1) is 36.0. The highest BCUT2D eigenvalue weighted by atomic mass is 15.1. The Kier molecular flexibility index (Phi) is 6.43. The Morgan fingerprint density at radius 1 is 0.257 bits per heavy atom. The van der Waals surface area contributed by atoms with E-state index < -0.39 is 0 Å². The summed E-state index contributed by atoms with van der Waals surface area (Å²) in [7, 11) is 0. The van der Waals surface area contributed by atoms with E-state index in [2.05, 4.69) is 232 Å². The Hall–Kier alpha value is -9.12.